The summed E-state index contributed by atoms with van der Waals surface area (Å²) in [6, 6.07) is 13.5. The zero-order chi connectivity index (χ0) is 16.2. The second-order valence-corrected chi connectivity index (χ2v) is 6.30. The van der Waals surface area contributed by atoms with Crippen molar-refractivity contribution in [3.05, 3.63) is 59.9 Å². The van der Waals surface area contributed by atoms with Gasteiger partial charge in [0.1, 0.15) is 5.82 Å². The molecule has 0 aliphatic carbocycles. The Hall–Kier alpha value is -2.36. The molecule has 2 rings (SSSR count). The molecule has 0 aromatic heterocycles. The van der Waals surface area contributed by atoms with Crippen LogP contribution >= 0.6 is 0 Å². The van der Waals surface area contributed by atoms with E-state index in [4.69, 9.17) is 0 Å². The van der Waals surface area contributed by atoms with Crippen LogP contribution in [0.3, 0.4) is 0 Å². The number of benzene rings is 2. The maximum absolute atomic E-state index is 12.8. The average molecular weight is 300 g/mol. The van der Waals surface area contributed by atoms with Crippen LogP contribution in [0.2, 0.25) is 0 Å². The molecule has 0 saturated heterocycles. The van der Waals surface area contributed by atoms with Crippen LogP contribution in [0.5, 0.6) is 0 Å². The third-order valence-corrected chi connectivity index (χ3v) is 2.97. The maximum atomic E-state index is 12.8. The number of hydrogen-bond acceptors (Lipinski definition) is 2. The summed E-state index contributed by atoms with van der Waals surface area (Å²) in [5.74, 6) is -0.422. The Bertz CT molecular complexity index is 628. The van der Waals surface area contributed by atoms with Gasteiger partial charge in [0, 0.05) is 16.9 Å². The molecule has 2 aromatic rings. The minimum Gasteiger partial charge on any atom is -0.380 e. The SMILES string of the molecule is CC(C)(C)Nc1ccc(NC(=O)Cc2ccc(F)cc2)cc1. The number of rotatable bonds is 4. The molecule has 0 aliphatic heterocycles. The van der Waals surface area contributed by atoms with Crippen LogP contribution in [0.25, 0.3) is 0 Å². The molecule has 3 nitrogen and oxygen atoms in total. The molecule has 2 N–H and O–H groups in total. The fourth-order valence-corrected chi connectivity index (χ4v) is 2.06. The molecule has 2 aromatic carbocycles. The first-order valence-electron chi connectivity index (χ1n) is 7.24. The summed E-state index contributed by atoms with van der Waals surface area (Å²) >= 11 is 0. The fraction of sp³-hybridized carbons (Fsp3) is 0.278. The highest BCUT2D eigenvalue weighted by Crippen LogP contribution is 2.18. The first kappa shape index (κ1) is 16.0. The first-order valence-corrected chi connectivity index (χ1v) is 7.24. The van der Waals surface area contributed by atoms with Crippen molar-refractivity contribution in [3.8, 4) is 0 Å². The van der Waals surface area contributed by atoms with E-state index in [0.717, 1.165) is 16.9 Å². The number of carbonyl (C=O) groups excluding carboxylic acids is 1. The lowest BCUT2D eigenvalue weighted by Gasteiger charge is -2.22. The van der Waals surface area contributed by atoms with Gasteiger partial charge in [0.25, 0.3) is 0 Å². The van der Waals surface area contributed by atoms with E-state index in [0.29, 0.717) is 0 Å². The van der Waals surface area contributed by atoms with Gasteiger partial charge >= 0.3 is 0 Å². The van der Waals surface area contributed by atoms with Crippen LogP contribution in [0.15, 0.2) is 48.5 Å². The number of carbonyl (C=O) groups is 1. The summed E-state index contributed by atoms with van der Waals surface area (Å²) in [7, 11) is 0. The molecular weight excluding hydrogens is 279 g/mol. The molecule has 0 fully saturated rings. The molecule has 0 atom stereocenters. The van der Waals surface area contributed by atoms with Gasteiger partial charge in [-0.3, -0.25) is 4.79 Å². The van der Waals surface area contributed by atoms with Gasteiger partial charge in [0.15, 0.2) is 0 Å². The van der Waals surface area contributed by atoms with Gasteiger partial charge in [0.05, 0.1) is 6.42 Å². The van der Waals surface area contributed by atoms with Crippen LogP contribution in [0, 0.1) is 5.82 Å². The molecule has 4 heteroatoms. The lowest BCUT2D eigenvalue weighted by molar-refractivity contribution is -0.115. The minimum absolute atomic E-state index is 0.00660. The summed E-state index contributed by atoms with van der Waals surface area (Å²) in [6.07, 6.45) is 0.224. The quantitative estimate of drug-likeness (QED) is 0.887. The summed E-state index contributed by atoms with van der Waals surface area (Å²) in [5, 5.41) is 6.19. The van der Waals surface area contributed by atoms with E-state index in [2.05, 4.69) is 31.4 Å². The van der Waals surface area contributed by atoms with Gasteiger partial charge in [-0.1, -0.05) is 12.1 Å². The zero-order valence-electron chi connectivity index (χ0n) is 13.1. The Balaban J connectivity index is 1.93. The number of anilines is 2. The first-order chi connectivity index (χ1) is 10.3. The van der Waals surface area contributed by atoms with E-state index in [9.17, 15) is 9.18 Å². The Kier molecular flexibility index (Phi) is 4.81. The van der Waals surface area contributed by atoms with Crippen molar-refractivity contribution in [1.82, 2.24) is 0 Å². The van der Waals surface area contributed by atoms with Crippen LogP contribution in [-0.4, -0.2) is 11.4 Å². The Labute approximate surface area is 130 Å². The van der Waals surface area contributed by atoms with Crippen molar-refractivity contribution < 1.29 is 9.18 Å². The highest BCUT2D eigenvalue weighted by molar-refractivity contribution is 5.92. The normalized spacial score (nSPS) is 11.1. The summed E-state index contributed by atoms with van der Waals surface area (Å²) in [6.45, 7) is 6.27. The molecule has 116 valence electrons. The van der Waals surface area contributed by atoms with Crippen LogP contribution in [-0.2, 0) is 11.2 Å². The van der Waals surface area contributed by atoms with Gasteiger partial charge in [-0.05, 0) is 62.7 Å². The summed E-state index contributed by atoms with van der Waals surface area (Å²) in [4.78, 5) is 12.0. The molecule has 1 amide bonds. The molecule has 0 heterocycles. The van der Waals surface area contributed by atoms with Crippen LogP contribution < -0.4 is 10.6 Å². The van der Waals surface area contributed by atoms with Gasteiger partial charge in [-0.2, -0.15) is 0 Å². The molecule has 0 aliphatic rings. The molecule has 22 heavy (non-hydrogen) atoms. The third-order valence-electron chi connectivity index (χ3n) is 2.97. The second-order valence-electron chi connectivity index (χ2n) is 6.30. The van der Waals surface area contributed by atoms with E-state index in [1.165, 1.54) is 12.1 Å². The minimum atomic E-state index is -0.300. The zero-order valence-corrected chi connectivity index (χ0v) is 13.1. The lowest BCUT2D eigenvalue weighted by Crippen LogP contribution is -2.25. The number of halogens is 1. The average Bonchev–Trinajstić information content (AvgIpc) is 2.42. The smallest absolute Gasteiger partial charge is 0.228 e. The van der Waals surface area contributed by atoms with Crippen molar-refractivity contribution in [1.29, 1.82) is 0 Å². The van der Waals surface area contributed by atoms with Crippen molar-refractivity contribution in [2.45, 2.75) is 32.7 Å². The third kappa shape index (κ3) is 5.20. The van der Waals surface area contributed by atoms with Gasteiger partial charge in [-0.15, -0.1) is 0 Å². The van der Waals surface area contributed by atoms with E-state index in [-0.39, 0.29) is 23.7 Å². The Morgan fingerprint density at radius 3 is 2.05 bits per heavy atom. The fourth-order valence-electron chi connectivity index (χ4n) is 2.06. The number of amides is 1. The lowest BCUT2D eigenvalue weighted by atomic mass is 10.1. The standard InChI is InChI=1S/C18H21FN2O/c1-18(2,3)21-16-10-8-15(9-11-16)20-17(22)12-13-4-6-14(19)7-5-13/h4-11,21H,12H2,1-3H3,(H,20,22). The van der Waals surface area contributed by atoms with Gasteiger partial charge < -0.3 is 10.6 Å². The highest BCUT2D eigenvalue weighted by Gasteiger charge is 2.09. The summed E-state index contributed by atoms with van der Waals surface area (Å²) < 4.78 is 12.8. The van der Waals surface area contributed by atoms with Crippen LogP contribution in [0.4, 0.5) is 15.8 Å². The van der Waals surface area contributed by atoms with E-state index in [1.54, 1.807) is 12.1 Å². The van der Waals surface area contributed by atoms with Crippen molar-refractivity contribution in [2.75, 3.05) is 10.6 Å². The van der Waals surface area contributed by atoms with E-state index >= 15 is 0 Å². The van der Waals surface area contributed by atoms with Gasteiger partial charge in [0.2, 0.25) is 5.91 Å². The molecule has 0 bridgehead atoms. The summed E-state index contributed by atoms with van der Waals surface area (Å²) in [5.41, 5.74) is 2.52. The van der Waals surface area contributed by atoms with Crippen molar-refractivity contribution >= 4 is 17.3 Å². The monoisotopic (exact) mass is 300 g/mol. The predicted molar refractivity (Wildman–Crippen MR) is 88.6 cm³/mol. The molecule has 0 radical (unpaired) electrons. The maximum Gasteiger partial charge on any atom is 0.228 e. The van der Waals surface area contributed by atoms with Crippen molar-refractivity contribution in [3.63, 3.8) is 0 Å². The van der Waals surface area contributed by atoms with E-state index in [1.807, 2.05) is 24.3 Å². The number of nitrogens with one attached hydrogen (secondary N) is 2. The van der Waals surface area contributed by atoms with Crippen molar-refractivity contribution in [2.24, 2.45) is 0 Å². The largest absolute Gasteiger partial charge is 0.380 e. The van der Waals surface area contributed by atoms with Gasteiger partial charge in [-0.25, -0.2) is 4.39 Å². The topological polar surface area (TPSA) is 41.1 Å². The number of hydrogen-bond donors (Lipinski definition) is 2. The molecule has 0 unspecified atom stereocenters. The Morgan fingerprint density at radius 2 is 1.50 bits per heavy atom. The highest BCUT2D eigenvalue weighted by atomic mass is 19.1. The Morgan fingerprint density at radius 1 is 0.955 bits per heavy atom. The molecule has 0 spiro atoms. The second kappa shape index (κ2) is 6.60. The van der Waals surface area contributed by atoms with E-state index < -0.39 is 0 Å². The molecular formula is C18H21FN2O. The van der Waals surface area contributed by atoms with Crippen LogP contribution in [0.1, 0.15) is 26.3 Å². The molecule has 0 saturated carbocycles. The predicted octanol–water partition coefficient (Wildman–Crippen LogP) is 4.22.